The van der Waals surface area contributed by atoms with E-state index in [1.165, 1.54) is 7.05 Å². The first-order chi connectivity index (χ1) is 9.61. The maximum atomic E-state index is 11.8. The van der Waals surface area contributed by atoms with Crippen LogP contribution in [0.3, 0.4) is 0 Å². The second-order valence-electron chi connectivity index (χ2n) is 4.71. The van der Waals surface area contributed by atoms with E-state index in [1.807, 2.05) is 22.7 Å². The third kappa shape index (κ3) is 4.42. The molecule has 0 saturated carbocycles. The monoisotopic (exact) mass is 316 g/mol. The molecule has 1 fully saturated rings. The van der Waals surface area contributed by atoms with Crippen LogP contribution in [-0.4, -0.2) is 59.6 Å². The summed E-state index contributed by atoms with van der Waals surface area (Å²) in [6.07, 6.45) is 3.62. The second kappa shape index (κ2) is 7.96. The Bertz CT molecular complexity index is 492. The summed E-state index contributed by atoms with van der Waals surface area (Å²) in [5.74, 6) is 0.593. The minimum Gasteiger partial charge on any atom is -0.341 e. The van der Waals surface area contributed by atoms with Crippen molar-refractivity contribution in [2.45, 2.75) is 6.04 Å². The summed E-state index contributed by atoms with van der Waals surface area (Å²) < 4.78 is 1.95. The number of imidazole rings is 1. The van der Waals surface area contributed by atoms with Gasteiger partial charge in [-0.2, -0.15) is 0 Å². The predicted octanol–water partition coefficient (Wildman–Crippen LogP) is -0.756. The van der Waals surface area contributed by atoms with E-state index < -0.39 is 6.03 Å². The lowest BCUT2D eigenvalue weighted by Crippen LogP contribution is -2.51. The fourth-order valence-electron chi connectivity index (χ4n) is 2.30. The van der Waals surface area contributed by atoms with Gasteiger partial charge in [-0.3, -0.25) is 15.0 Å². The van der Waals surface area contributed by atoms with Gasteiger partial charge in [0.2, 0.25) is 5.91 Å². The molecule has 0 aliphatic carbocycles. The fourth-order valence-corrected chi connectivity index (χ4v) is 2.30. The molecule has 1 unspecified atom stereocenters. The van der Waals surface area contributed by atoms with Gasteiger partial charge in [0.25, 0.3) is 0 Å². The maximum absolute atomic E-state index is 11.8. The van der Waals surface area contributed by atoms with Crippen LogP contribution in [0.2, 0.25) is 0 Å². The number of nitrogens with one attached hydrogen (secondary N) is 3. The minimum absolute atomic E-state index is 0. The van der Waals surface area contributed by atoms with Gasteiger partial charge < -0.3 is 15.2 Å². The molecular weight excluding hydrogens is 296 g/mol. The maximum Gasteiger partial charge on any atom is 0.321 e. The number of imide groups is 1. The lowest BCUT2D eigenvalue weighted by Gasteiger charge is -2.35. The van der Waals surface area contributed by atoms with E-state index in [-0.39, 0.29) is 30.9 Å². The number of rotatable bonds is 3. The quantitative estimate of drug-likeness (QED) is 0.682. The Hall–Kier alpha value is -1.64. The van der Waals surface area contributed by atoms with Crippen LogP contribution in [0.25, 0.3) is 0 Å². The third-order valence-corrected chi connectivity index (χ3v) is 3.34. The molecule has 2 heterocycles. The topological polar surface area (TPSA) is 91.3 Å². The molecule has 0 radical (unpaired) electrons. The molecule has 2 rings (SSSR count). The second-order valence-corrected chi connectivity index (χ2v) is 4.71. The van der Waals surface area contributed by atoms with Crippen LogP contribution >= 0.6 is 12.4 Å². The molecule has 8 nitrogen and oxygen atoms in total. The zero-order chi connectivity index (χ0) is 14.5. The molecule has 0 bridgehead atoms. The normalized spacial score (nSPS) is 18.7. The highest BCUT2D eigenvalue weighted by molar-refractivity contribution is 5.95. The Morgan fingerprint density at radius 1 is 1.52 bits per heavy atom. The Labute approximate surface area is 129 Å². The first kappa shape index (κ1) is 17.4. The Kier molecular flexibility index (Phi) is 6.60. The smallest absolute Gasteiger partial charge is 0.321 e. The Morgan fingerprint density at radius 3 is 2.90 bits per heavy atom. The fraction of sp³-hybridized carbons (Fsp3) is 0.583. The minimum atomic E-state index is -0.487. The highest BCUT2D eigenvalue weighted by Crippen LogP contribution is 2.19. The zero-order valence-corrected chi connectivity index (χ0v) is 12.9. The van der Waals surface area contributed by atoms with Crippen molar-refractivity contribution in [1.82, 2.24) is 30.4 Å². The lowest BCUT2D eigenvalue weighted by molar-refractivity contribution is -0.122. The summed E-state index contributed by atoms with van der Waals surface area (Å²) in [6.45, 7) is 2.46. The molecule has 1 aliphatic heterocycles. The molecule has 1 atom stereocenters. The van der Waals surface area contributed by atoms with Gasteiger partial charge >= 0.3 is 6.03 Å². The van der Waals surface area contributed by atoms with E-state index in [0.29, 0.717) is 0 Å². The lowest BCUT2D eigenvalue weighted by atomic mass is 10.1. The first-order valence-corrected chi connectivity index (χ1v) is 6.55. The number of nitrogens with zero attached hydrogens (tertiary/aromatic N) is 3. The first-order valence-electron chi connectivity index (χ1n) is 6.55. The van der Waals surface area contributed by atoms with Crippen molar-refractivity contribution in [3.8, 4) is 0 Å². The van der Waals surface area contributed by atoms with Crippen LogP contribution < -0.4 is 16.0 Å². The summed E-state index contributed by atoms with van der Waals surface area (Å²) >= 11 is 0. The summed E-state index contributed by atoms with van der Waals surface area (Å²) in [6, 6.07) is -0.460. The van der Waals surface area contributed by atoms with Crippen LogP contribution in [0.1, 0.15) is 11.9 Å². The summed E-state index contributed by atoms with van der Waals surface area (Å²) in [4.78, 5) is 29.3. The standard InChI is InChI=1S/C12H20N6O2.ClH/c1-13-12(20)16-10(19)8-18-6-3-14-7-9(18)11-15-4-5-17(11)2;/h4-5,9,14H,3,6-8H2,1-2H3,(H2,13,16,19,20);1H. The number of urea groups is 1. The van der Waals surface area contributed by atoms with Crippen LogP contribution in [-0.2, 0) is 11.8 Å². The van der Waals surface area contributed by atoms with Crippen molar-refractivity contribution in [2.75, 3.05) is 33.2 Å². The largest absolute Gasteiger partial charge is 0.341 e. The van der Waals surface area contributed by atoms with E-state index >= 15 is 0 Å². The number of aromatic nitrogens is 2. The Morgan fingerprint density at radius 2 is 2.29 bits per heavy atom. The summed E-state index contributed by atoms with van der Waals surface area (Å²) in [5, 5.41) is 7.94. The van der Waals surface area contributed by atoms with Crippen LogP contribution in [0.4, 0.5) is 4.79 Å². The van der Waals surface area contributed by atoms with Gasteiger partial charge in [0.05, 0.1) is 12.6 Å². The van der Waals surface area contributed by atoms with Crippen molar-refractivity contribution in [2.24, 2.45) is 7.05 Å². The van der Waals surface area contributed by atoms with Gasteiger partial charge in [-0.1, -0.05) is 0 Å². The predicted molar refractivity (Wildman–Crippen MR) is 80.2 cm³/mol. The number of carbonyl (C=O) groups is 2. The number of amides is 3. The van der Waals surface area contributed by atoms with Gasteiger partial charge in [0.1, 0.15) is 5.82 Å². The Balaban J connectivity index is 0.00000220. The molecule has 3 N–H and O–H groups in total. The third-order valence-electron chi connectivity index (χ3n) is 3.34. The average Bonchev–Trinajstić information content (AvgIpc) is 2.85. The number of aryl methyl sites for hydroxylation is 1. The van der Waals surface area contributed by atoms with Crippen molar-refractivity contribution in [1.29, 1.82) is 0 Å². The van der Waals surface area contributed by atoms with E-state index in [0.717, 1.165) is 25.5 Å². The number of carbonyl (C=O) groups excluding carboxylic acids is 2. The molecule has 1 aromatic rings. The van der Waals surface area contributed by atoms with E-state index in [2.05, 4.69) is 20.9 Å². The molecule has 3 amide bonds. The molecule has 118 valence electrons. The zero-order valence-electron chi connectivity index (χ0n) is 12.1. The van der Waals surface area contributed by atoms with Gasteiger partial charge in [0.15, 0.2) is 0 Å². The van der Waals surface area contributed by atoms with E-state index in [1.54, 1.807) is 6.20 Å². The van der Waals surface area contributed by atoms with Crippen molar-refractivity contribution in [3.63, 3.8) is 0 Å². The molecule has 21 heavy (non-hydrogen) atoms. The van der Waals surface area contributed by atoms with E-state index in [4.69, 9.17) is 0 Å². The molecule has 9 heteroatoms. The van der Waals surface area contributed by atoms with Crippen LogP contribution in [0.15, 0.2) is 12.4 Å². The highest BCUT2D eigenvalue weighted by Gasteiger charge is 2.28. The molecule has 1 saturated heterocycles. The highest BCUT2D eigenvalue weighted by atomic mass is 35.5. The van der Waals surface area contributed by atoms with Crippen molar-refractivity contribution in [3.05, 3.63) is 18.2 Å². The number of piperazine rings is 1. The van der Waals surface area contributed by atoms with Gasteiger partial charge in [-0.25, -0.2) is 9.78 Å². The SMILES string of the molecule is CNC(=O)NC(=O)CN1CCNCC1c1nccn1C.Cl. The average molecular weight is 317 g/mol. The van der Waals surface area contributed by atoms with Crippen molar-refractivity contribution >= 4 is 24.3 Å². The number of halogens is 1. The van der Waals surface area contributed by atoms with Gasteiger partial charge in [-0.15, -0.1) is 12.4 Å². The van der Waals surface area contributed by atoms with Gasteiger partial charge in [0, 0.05) is 46.1 Å². The van der Waals surface area contributed by atoms with Crippen LogP contribution in [0.5, 0.6) is 0 Å². The van der Waals surface area contributed by atoms with E-state index in [9.17, 15) is 9.59 Å². The van der Waals surface area contributed by atoms with Crippen molar-refractivity contribution < 1.29 is 9.59 Å². The molecular formula is C12H21ClN6O2. The molecule has 1 aromatic heterocycles. The molecule has 0 spiro atoms. The number of hydrogen-bond donors (Lipinski definition) is 3. The van der Waals surface area contributed by atoms with Gasteiger partial charge in [-0.05, 0) is 0 Å². The molecule has 1 aliphatic rings. The van der Waals surface area contributed by atoms with Crippen LogP contribution in [0, 0.1) is 0 Å². The molecule has 0 aromatic carbocycles. The summed E-state index contributed by atoms with van der Waals surface area (Å²) in [7, 11) is 3.41. The summed E-state index contributed by atoms with van der Waals surface area (Å²) in [5.41, 5.74) is 0. The number of hydrogen-bond acceptors (Lipinski definition) is 5.